The molecule has 106 valence electrons. The second-order valence-electron chi connectivity index (χ2n) is 4.85. The molecule has 0 fully saturated rings. The summed E-state index contributed by atoms with van der Waals surface area (Å²) in [5, 5.41) is 12.2. The highest BCUT2D eigenvalue weighted by atomic mass is 79.9. The van der Waals surface area contributed by atoms with Crippen molar-refractivity contribution in [2.75, 3.05) is 11.9 Å². The van der Waals surface area contributed by atoms with Gasteiger partial charge in [0.1, 0.15) is 5.92 Å². The fourth-order valence-electron chi connectivity index (χ4n) is 2.39. The lowest BCUT2D eigenvalue weighted by Crippen LogP contribution is -2.16. The van der Waals surface area contributed by atoms with Crippen LogP contribution in [0.3, 0.4) is 0 Å². The number of carboxylic acids is 1. The normalized spacial score (nSPS) is 17.2. The minimum Gasteiger partial charge on any atom is -0.481 e. The maximum atomic E-state index is 11.2. The Morgan fingerprint density at radius 3 is 3.10 bits per heavy atom. The van der Waals surface area contributed by atoms with Crippen LogP contribution in [-0.2, 0) is 17.8 Å². The first-order chi connectivity index (χ1) is 9.54. The summed E-state index contributed by atoms with van der Waals surface area (Å²) in [4.78, 5) is 18.9. The molecule has 0 radical (unpaired) electrons. The minimum absolute atomic E-state index is 0.418. The van der Waals surface area contributed by atoms with E-state index in [1.807, 2.05) is 7.05 Å². The van der Waals surface area contributed by atoms with Crippen molar-refractivity contribution >= 4 is 49.7 Å². The van der Waals surface area contributed by atoms with Crippen molar-refractivity contribution in [3.8, 4) is 0 Å². The second kappa shape index (κ2) is 5.46. The first-order valence-electron chi connectivity index (χ1n) is 6.21. The van der Waals surface area contributed by atoms with Gasteiger partial charge in [0.15, 0.2) is 5.13 Å². The summed E-state index contributed by atoms with van der Waals surface area (Å²) in [7, 11) is 2.00. The van der Waals surface area contributed by atoms with E-state index < -0.39 is 11.9 Å². The smallest absolute Gasteiger partial charge is 0.312 e. The van der Waals surface area contributed by atoms with Crippen LogP contribution < -0.4 is 4.90 Å². The fourth-order valence-corrected chi connectivity index (χ4v) is 4.69. The van der Waals surface area contributed by atoms with Gasteiger partial charge in [-0.25, -0.2) is 4.98 Å². The zero-order valence-corrected chi connectivity index (χ0v) is 14.0. The van der Waals surface area contributed by atoms with E-state index in [4.69, 9.17) is 0 Å². The Labute approximate surface area is 133 Å². The quantitative estimate of drug-likeness (QED) is 0.888. The first-order valence-corrected chi connectivity index (χ1v) is 8.70. The second-order valence-corrected chi connectivity index (χ2v) is 8.20. The van der Waals surface area contributed by atoms with E-state index in [9.17, 15) is 9.90 Å². The summed E-state index contributed by atoms with van der Waals surface area (Å²) in [6, 6.07) is 2.10. The maximum absolute atomic E-state index is 11.2. The Bertz CT molecular complexity index is 653. The van der Waals surface area contributed by atoms with E-state index in [-0.39, 0.29) is 0 Å². The van der Waals surface area contributed by atoms with Gasteiger partial charge >= 0.3 is 5.97 Å². The van der Waals surface area contributed by atoms with Gasteiger partial charge in [0.25, 0.3) is 0 Å². The highest BCUT2D eigenvalue weighted by Crippen LogP contribution is 2.39. The number of thiophene rings is 1. The zero-order chi connectivity index (χ0) is 14.3. The number of carbonyl (C=O) groups is 1. The van der Waals surface area contributed by atoms with Gasteiger partial charge < -0.3 is 10.0 Å². The third-order valence-corrected chi connectivity index (χ3v) is 6.17. The topological polar surface area (TPSA) is 53.4 Å². The van der Waals surface area contributed by atoms with Gasteiger partial charge in [0, 0.05) is 18.5 Å². The fraction of sp³-hybridized carbons (Fsp3) is 0.385. The van der Waals surface area contributed by atoms with Crippen molar-refractivity contribution < 1.29 is 9.90 Å². The molecule has 2 aromatic heterocycles. The number of rotatable bonds is 4. The number of aromatic nitrogens is 1. The van der Waals surface area contributed by atoms with Crippen LogP contribution >= 0.6 is 38.6 Å². The monoisotopic (exact) mass is 372 g/mol. The highest BCUT2D eigenvalue weighted by molar-refractivity contribution is 9.11. The van der Waals surface area contributed by atoms with E-state index in [0.717, 1.165) is 32.5 Å². The van der Waals surface area contributed by atoms with Crippen LogP contribution in [0.4, 0.5) is 5.13 Å². The molecule has 0 amide bonds. The van der Waals surface area contributed by atoms with Crippen molar-refractivity contribution in [2.24, 2.45) is 0 Å². The van der Waals surface area contributed by atoms with Crippen LogP contribution in [-0.4, -0.2) is 23.1 Å². The van der Waals surface area contributed by atoms with Gasteiger partial charge in [-0.15, -0.1) is 22.7 Å². The molecule has 1 aliphatic rings. The van der Waals surface area contributed by atoms with Gasteiger partial charge in [-0.1, -0.05) is 0 Å². The SMILES string of the molecule is CN(Cc1csc(Br)c1)c1nc2c(s1)CCC2C(=O)O. The van der Waals surface area contributed by atoms with E-state index in [2.05, 4.69) is 37.3 Å². The molecule has 1 aliphatic carbocycles. The minimum atomic E-state index is -0.759. The Morgan fingerprint density at radius 1 is 1.65 bits per heavy atom. The van der Waals surface area contributed by atoms with Crippen LogP contribution in [0.5, 0.6) is 0 Å². The Hall–Kier alpha value is -0.920. The molecule has 4 nitrogen and oxygen atoms in total. The lowest BCUT2D eigenvalue weighted by molar-refractivity contribution is -0.138. The molecule has 0 saturated heterocycles. The number of aryl methyl sites for hydroxylation is 1. The van der Waals surface area contributed by atoms with Gasteiger partial charge in [0.2, 0.25) is 0 Å². The number of aliphatic carboxylic acids is 1. The average molecular weight is 373 g/mol. The number of fused-ring (bicyclic) bond motifs is 1. The number of thiazole rings is 1. The summed E-state index contributed by atoms with van der Waals surface area (Å²) in [5.41, 5.74) is 2.00. The van der Waals surface area contributed by atoms with E-state index in [1.54, 1.807) is 22.7 Å². The number of hydrogen-bond acceptors (Lipinski definition) is 5. The molecule has 0 saturated carbocycles. The van der Waals surface area contributed by atoms with E-state index in [0.29, 0.717) is 6.42 Å². The standard InChI is InChI=1S/C13H13BrN2O2S2/c1-16(5-7-4-10(14)19-6-7)13-15-11-8(12(17)18)2-3-9(11)20-13/h4,6,8H,2-3,5H2,1H3,(H,17,18). The third kappa shape index (κ3) is 2.62. The predicted molar refractivity (Wildman–Crippen MR) is 84.9 cm³/mol. The molecule has 20 heavy (non-hydrogen) atoms. The van der Waals surface area contributed by atoms with Crippen LogP contribution in [0.15, 0.2) is 15.2 Å². The lowest BCUT2D eigenvalue weighted by atomic mass is 10.1. The molecule has 0 bridgehead atoms. The number of hydrogen-bond donors (Lipinski definition) is 1. The Morgan fingerprint density at radius 2 is 2.45 bits per heavy atom. The molecule has 2 aromatic rings. The molecule has 0 aromatic carbocycles. The van der Waals surface area contributed by atoms with E-state index >= 15 is 0 Å². The highest BCUT2D eigenvalue weighted by Gasteiger charge is 2.32. The third-order valence-electron chi connectivity index (χ3n) is 3.37. The summed E-state index contributed by atoms with van der Waals surface area (Å²) >= 11 is 6.75. The van der Waals surface area contributed by atoms with Crippen molar-refractivity contribution in [3.05, 3.63) is 31.4 Å². The average Bonchev–Trinajstić information content (AvgIpc) is 3.03. The maximum Gasteiger partial charge on any atom is 0.312 e. The van der Waals surface area contributed by atoms with Gasteiger partial charge in [-0.2, -0.15) is 0 Å². The van der Waals surface area contributed by atoms with Crippen molar-refractivity contribution in [1.29, 1.82) is 0 Å². The van der Waals surface area contributed by atoms with Crippen LogP contribution in [0.25, 0.3) is 0 Å². The number of nitrogens with zero attached hydrogens (tertiary/aromatic N) is 2. The zero-order valence-electron chi connectivity index (χ0n) is 10.8. The molecule has 7 heteroatoms. The van der Waals surface area contributed by atoms with Crippen molar-refractivity contribution in [1.82, 2.24) is 4.98 Å². The molecule has 3 rings (SSSR count). The molecular weight excluding hydrogens is 360 g/mol. The van der Waals surface area contributed by atoms with Crippen LogP contribution in [0, 0.1) is 0 Å². The molecular formula is C13H13BrN2O2S2. The number of anilines is 1. The summed E-state index contributed by atoms with van der Waals surface area (Å²) in [6.07, 6.45) is 1.52. The van der Waals surface area contributed by atoms with Crippen LogP contribution in [0.2, 0.25) is 0 Å². The van der Waals surface area contributed by atoms with Crippen molar-refractivity contribution in [3.63, 3.8) is 0 Å². The Kier molecular flexibility index (Phi) is 3.83. The molecule has 2 heterocycles. The summed E-state index contributed by atoms with van der Waals surface area (Å²) in [6.45, 7) is 0.784. The molecule has 1 N–H and O–H groups in total. The molecule has 0 aliphatic heterocycles. The summed E-state index contributed by atoms with van der Waals surface area (Å²) in [5.74, 6) is -1.18. The van der Waals surface area contributed by atoms with E-state index in [1.165, 1.54) is 5.56 Å². The van der Waals surface area contributed by atoms with Gasteiger partial charge in [0.05, 0.1) is 9.48 Å². The number of carboxylic acid groups (broad SMARTS) is 1. The molecule has 0 spiro atoms. The van der Waals surface area contributed by atoms with Crippen molar-refractivity contribution in [2.45, 2.75) is 25.3 Å². The van der Waals surface area contributed by atoms with Crippen LogP contribution in [0.1, 0.15) is 28.5 Å². The number of halogens is 1. The first kappa shape index (κ1) is 14.0. The lowest BCUT2D eigenvalue weighted by Gasteiger charge is -2.15. The van der Waals surface area contributed by atoms with Gasteiger partial charge in [-0.05, 0) is 45.8 Å². The Balaban J connectivity index is 1.78. The summed E-state index contributed by atoms with van der Waals surface area (Å²) < 4.78 is 1.12. The largest absolute Gasteiger partial charge is 0.481 e. The predicted octanol–water partition coefficient (Wildman–Crippen LogP) is 3.72. The van der Waals surface area contributed by atoms with Gasteiger partial charge in [-0.3, -0.25) is 4.79 Å². The molecule has 1 unspecified atom stereocenters. The molecule has 1 atom stereocenters.